The van der Waals surface area contributed by atoms with E-state index in [1.54, 1.807) is 0 Å². The predicted molar refractivity (Wildman–Crippen MR) is 51.6 cm³/mol. The van der Waals surface area contributed by atoms with Gasteiger partial charge in [-0.25, -0.2) is 8.78 Å². The van der Waals surface area contributed by atoms with Crippen molar-refractivity contribution in [3.63, 3.8) is 0 Å². The van der Waals surface area contributed by atoms with E-state index in [9.17, 15) is 8.78 Å². The van der Waals surface area contributed by atoms with Gasteiger partial charge in [-0.05, 0) is 32.2 Å². The number of alkyl halides is 2. The molecule has 2 rings (SSSR count). The highest BCUT2D eigenvalue weighted by atomic mass is 19.3. The highest BCUT2D eigenvalue weighted by Gasteiger charge is 2.43. The van der Waals surface area contributed by atoms with Crippen LogP contribution in [0.4, 0.5) is 8.78 Å². The summed E-state index contributed by atoms with van der Waals surface area (Å²) in [7, 11) is 0. The first kappa shape index (κ1) is 10.3. The second-order valence-corrected chi connectivity index (χ2v) is 4.41. The maximum atomic E-state index is 13.2. The molecule has 2 aliphatic rings. The second kappa shape index (κ2) is 4.11. The molecule has 1 aliphatic heterocycles. The van der Waals surface area contributed by atoms with Crippen molar-refractivity contribution >= 4 is 0 Å². The first-order chi connectivity index (χ1) is 6.68. The Kier molecular flexibility index (Phi) is 3.02. The molecule has 0 spiro atoms. The monoisotopic (exact) mass is 204 g/mol. The van der Waals surface area contributed by atoms with Crippen LogP contribution < -0.4 is 10.6 Å². The summed E-state index contributed by atoms with van der Waals surface area (Å²) in [4.78, 5) is 0. The molecule has 0 aromatic heterocycles. The van der Waals surface area contributed by atoms with Crippen LogP contribution in [0, 0.1) is 0 Å². The summed E-state index contributed by atoms with van der Waals surface area (Å²) in [5.74, 6) is -2.47. The average Bonchev–Trinajstić information content (AvgIpc) is 2.71. The van der Waals surface area contributed by atoms with Crippen LogP contribution in [0.3, 0.4) is 0 Å². The third kappa shape index (κ3) is 2.23. The lowest BCUT2D eigenvalue weighted by Gasteiger charge is -2.22. The SMILES string of the molecule is FC1(F)CCCC1NCC1CCCN1. The topological polar surface area (TPSA) is 24.1 Å². The Hall–Kier alpha value is -0.220. The van der Waals surface area contributed by atoms with Crippen molar-refractivity contribution in [1.82, 2.24) is 10.6 Å². The molecule has 0 aromatic carbocycles. The van der Waals surface area contributed by atoms with Crippen LogP contribution in [0.15, 0.2) is 0 Å². The Labute approximate surface area is 83.4 Å². The predicted octanol–water partition coefficient (Wildman–Crippen LogP) is 1.52. The van der Waals surface area contributed by atoms with E-state index < -0.39 is 12.0 Å². The van der Waals surface area contributed by atoms with Crippen LogP contribution in [0.5, 0.6) is 0 Å². The number of halogens is 2. The lowest BCUT2D eigenvalue weighted by atomic mass is 10.1. The van der Waals surface area contributed by atoms with Crippen molar-refractivity contribution in [3.8, 4) is 0 Å². The Bertz CT molecular complexity index is 191. The van der Waals surface area contributed by atoms with Gasteiger partial charge in [0.2, 0.25) is 0 Å². The van der Waals surface area contributed by atoms with Crippen LogP contribution in [0.1, 0.15) is 32.1 Å². The summed E-state index contributed by atoms with van der Waals surface area (Å²) in [6.45, 7) is 1.73. The van der Waals surface area contributed by atoms with Crippen LogP contribution in [0.2, 0.25) is 0 Å². The van der Waals surface area contributed by atoms with Crippen LogP contribution in [-0.2, 0) is 0 Å². The van der Waals surface area contributed by atoms with E-state index in [2.05, 4.69) is 10.6 Å². The van der Waals surface area contributed by atoms with Gasteiger partial charge < -0.3 is 10.6 Å². The quantitative estimate of drug-likeness (QED) is 0.728. The summed E-state index contributed by atoms with van der Waals surface area (Å²) in [6.07, 6.45) is 3.63. The Balaban J connectivity index is 1.74. The highest BCUT2D eigenvalue weighted by molar-refractivity contribution is 4.91. The van der Waals surface area contributed by atoms with Crippen LogP contribution >= 0.6 is 0 Å². The normalized spacial score (nSPS) is 36.4. The molecule has 82 valence electrons. The van der Waals surface area contributed by atoms with Crippen LogP contribution in [-0.4, -0.2) is 31.1 Å². The molecular weight excluding hydrogens is 186 g/mol. The summed E-state index contributed by atoms with van der Waals surface area (Å²) >= 11 is 0. The van der Waals surface area contributed by atoms with Crippen molar-refractivity contribution in [2.45, 2.75) is 50.1 Å². The molecule has 1 aliphatic carbocycles. The van der Waals surface area contributed by atoms with Gasteiger partial charge in [0.15, 0.2) is 0 Å². The van der Waals surface area contributed by atoms with Crippen molar-refractivity contribution in [3.05, 3.63) is 0 Å². The fourth-order valence-corrected chi connectivity index (χ4v) is 2.39. The Morgan fingerprint density at radius 2 is 2.14 bits per heavy atom. The van der Waals surface area contributed by atoms with E-state index in [1.807, 2.05) is 0 Å². The third-order valence-corrected chi connectivity index (χ3v) is 3.29. The Morgan fingerprint density at radius 1 is 1.29 bits per heavy atom. The first-order valence-corrected chi connectivity index (χ1v) is 5.53. The van der Waals surface area contributed by atoms with Crippen LogP contribution in [0.25, 0.3) is 0 Å². The molecule has 2 unspecified atom stereocenters. The average molecular weight is 204 g/mol. The third-order valence-electron chi connectivity index (χ3n) is 3.29. The smallest absolute Gasteiger partial charge is 0.263 e. The molecule has 2 fully saturated rings. The highest BCUT2D eigenvalue weighted by Crippen LogP contribution is 2.34. The first-order valence-electron chi connectivity index (χ1n) is 5.53. The number of hydrogen-bond donors (Lipinski definition) is 2. The van der Waals surface area contributed by atoms with Gasteiger partial charge in [0.1, 0.15) is 0 Å². The zero-order chi connectivity index (χ0) is 10.0. The molecule has 2 N–H and O–H groups in total. The zero-order valence-corrected chi connectivity index (χ0v) is 8.36. The molecule has 0 amide bonds. The largest absolute Gasteiger partial charge is 0.313 e. The number of rotatable bonds is 3. The molecule has 1 heterocycles. The molecule has 1 saturated carbocycles. The number of nitrogens with one attached hydrogen (secondary N) is 2. The van der Waals surface area contributed by atoms with Gasteiger partial charge in [0.05, 0.1) is 6.04 Å². The summed E-state index contributed by atoms with van der Waals surface area (Å²) in [5.41, 5.74) is 0. The van der Waals surface area contributed by atoms with E-state index in [4.69, 9.17) is 0 Å². The van der Waals surface area contributed by atoms with E-state index in [0.29, 0.717) is 25.4 Å². The van der Waals surface area contributed by atoms with Crippen molar-refractivity contribution < 1.29 is 8.78 Å². The minimum absolute atomic E-state index is 0.0583. The van der Waals surface area contributed by atoms with Crippen molar-refractivity contribution in [1.29, 1.82) is 0 Å². The van der Waals surface area contributed by atoms with Gasteiger partial charge in [-0.1, -0.05) is 0 Å². The molecule has 0 radical (unpaired) electrons. The standard InChI is InChI=1S/C10H18F2N2/c11-10(12)5-1-4-9(10)14-7-8-3-2-6-13-8/h8-9,13-14H,1-7H2. The fourth-order valence-electron chi connectivity index (χ4n) is 2.39. The van der Waals surface area contributed by atoms with Gasteiger partial charge >= 0.3 is 0 Å². The van der Waals surface area contributed by atoms with Gasteiger partial charge in [-0.2, -0.15) is 0 Å². The zero-order valence-electron chi connectivity index (χ0n) is 8.36. The second-order valence-electron chi connectivity index (χ2n) is 4.41. The minimum Gasteiger partial charge on any atom is -0.313 e. The molecule has 2 nitrogen and oxygen atoms in total. The van der Waals surface area contributed by atoms with Gasteiger partial charge in [-0.3, -0.25) is 0 Å². The van der Waals surface area contributed by atoms with Gasteiger partial charge in [0.25, 0.3) is 5.92 Å². The summed E-state index contributed by atoms with van der Waals surface area (Å²) in [5, 5.41) is 6.30. The number of hydrogen-bond acceptors (Lipinski definition) is 2. The molecular formula is C10H18F2N2. The molecule has 2 atom stereocenters. The van der Waals surface area contributed by atoms with E-state index in [1.165, 1.54) is 6.42 Å². The summed E-state index contributed by atoms with van der Waals surface area (Å²) < 4.78 is 26.4. The fraction of sp³-hybridized carbons (Fsp3) is 1.00. The lowest BCUT2D eigenvalue weighted by Crippen LogP contribution is -2.45. The lowest BCUT2D eigenvalue weighted by molar-refractivity contribution is -0.0181. The van der Waals surface area contributed by atoms with Crippen molar-refractivity contribution in [2.75, 3.05) is 13.1 Å². The minimum atomic E-state index is -2.47. The van der Waals surface area contributed by atoms with E-state index in [-0.39, 0.29) is 6.42 Å². The summed E-state index contributed by atoms with van der Waals surface area (Å²) in [6, 6.07) is -0.170. The van der Waals surface area contributed by atoms with E-state index in [0.717, 1.165) is 13.0 Å². The molecule has 1 saturated heterocycles. The molecule has 0 aromatic rings. The van der Waals surface area contributed by atoms with E-state index >= 15 is 0 Å². The molecule has 0 bridgehead atoms. The maximum absolute atomic E-state index is 13.2. The molecule has 14 heavy (non-hydrogen) atoms. The Morgan fingerprint density at radius 3 is 2.71 bits per heavy atom. The molecule has 4 heteroatoms. The van der Waals surface area contributed by atoms with Gasteiger partial charge in [0, 0.05) is 19.0 Å². The van der Waals surface area contributed by atoms with Gasteiger partial charge in [-0.15, -0.1) is 0 Å². The maximum Gasteiger partial charge on any atom is 0.263 e. The van der Waals surface area contributed by atoms with Crippen molar-refractivity contribution in [2.24, 2.45) is 0 Å².